The number of hydrogen-bond donors (Lipinski definition) is 2. The number of aromatic nitrogens is 4. The smallest absolute Gasteiger partial charge is 0.273 e. The van der Waals surface area contributed by atoms with Crippen molar-refractivity contribution >= 4 is 5.91 Å². The van der Waals surface area contributed by atoms with Gasteiger partial charge in [-0.3, -0.25) is 4.79 Å². The zero-order valence-electron chi connectivity index (χ0n) is 14.2. The van der Waals surface area contributed by atoms with E-state index in [9.17, 15) is 9.90 Å². The Labute approximate surface area is 149 Å². The molecule has 26 heavy (non-hydrogen) atoms. The molecule has 1 aromatic carbocycles. The van der Waals surface area contributed by atoms with Crippen molar-refractivity contribution < 1.29 is 14.4 Å². The summed E-state index contributed by atoms with van der Waals surface area (Å²) in [6, 6.07) is 11.3. The molecule has 1 fully saturated rings. The number of carbonyl (C=O) groups is 1. The van der Waals surface area contributed by atoms with Crippen LogP contribution in [0.1, 0.15) is 48.1 Å². The van der Waals surface area contributed by atoms with E-state index in [0.717, 1.165) is 18.4 Å². The maximum atomic E-state index is 12.4. The number of aliphatic hydroxyl groups excluding tert-OH is 1. The Hall–Kier alpha value is -3.00. The molecule has 2 N–H and O–H groups in total. The van der Waals surface area contributed by atoms with Crippen LogP contribution in [0.3, 0.4) is 0 Å². The lowest BCUT2D eigenvalue weighted by molar-refractivity contribution is 0.0870. The molecule has 0 radical (unpaired) electrons. The summed E-state index contributed by atoms with van der Waals surface area (Å²) < 4.78 is 7.00. The second kappa shape index (κ2) is 6.72. The molecule has 8 nitrogen and oxygen atoms in total. The third-order valence-corrected chi connectivity index (χ3v) is 4.63. The van der Waals surface area contributed by atoms with Crippen LogP contribution in [0.25, 0.3) is 11.3 Å². The van der Waals surface area contributed by atoms with E-state index in [1.54, 1.807) is 23.9 Å². The second-order valence-electron chi connectivity index (χ2n) is 6.52. The third kappa shape index (κ3) is 3.11. The van der Waals surface area contributed by atoms with Gasteiger partial charge in [-0.1, -0.05) is 40.7 Å². The van der Waals surface area contributed by atoms with Gasteiger partial charge in [-0.25, -0.2) is 4.68 Å². The number of rotatable bonds is 5. The number of nitrogens with one attached hydrogen (secondary N) is 1. The Morgan fingerprint density at radius 2 is 2.12 bits per heavy atom. The Balaban J connectivity index is 1.36. The van der Waals surface area contributed by atoms with Gasteiger partial charge in [0.15, 0.2) is 11.5 Å². The first-order valence-electron chi connectivity index (χ1n) is 8.53. The highest BCUT2D eigenvalue weighted by Crippen LogP contribution is 2.33. The first-order chi connectivity index (χ1) is 12.6. The van der Waals surface area contributed by atoms with E-state index in [1.807, 2.05) is 30.3 Å². The van der Waals surface area contributed by atoms with Crippen LogP contribution in [0, 0.1) is 0 Å². The van der Waals surface area contributed by atoms with Crippen LogP contribution in [-0.2, 0) is 0 Å². The van der Waals surface area contributed by atoms with Crippen LogP contribution < -0.4 is 5.32 Å². The summed E-state index contributed by atoms with van der Waals surface area (Å²) in [5.41, 5.74) is 1.82. The molecule has 2 heterocycles. The SMILES string of the molecule is C[C@@H](O)c1cnnn1[C@H]1C[C@@H](NC(=O)c2cc(-c3ccccc3)on2)C1. The predicted octanol–water partition coefficient (Wildman–Crippen LogP) is 2.12. The fourth-order valence-electron chi connectivity index (χ4n) is 3.12. The topological polar surface area (TPSA) is 106 Å². The van der Waals surface area contributed by atoms with Gasteiger partial charge >= 0.3 is 0 Å². The monoisotopic (exact) mass is 353 g/mol. The van der Waals surface area contributed by atoms with Crippen LogP contribution in [0.5, 0.6) is 0 Å². The molecular weight excluding hydrogens is 334 g/mol. The van der Waals surface area contributed by atoms with Crippen molar-refractivity contribution in [3.8, 4) is 11.3 Å². The standard InChI is InChI=1S/C18H19N5O3/c1-11(24)16-10-19-22-23(16)14-7-13(8-14)20-18(25)15-9-17(26-21-15)12-5-3-2-4-6-12/h2-6,9-11,13-14,24H,7-8H2,1H3,(H,20,25)/t11-,13-,14+/m1/s1. The van der Waals surface area contributed by atoms with Gasteiger partial charge in [0.1, 0.15) is 0 Å². The van der Waals surface area contributed by atoms with Crippen molar-refractivity contribution in [3.63, 3.8) is 0 Å². The molecule has 2 aromatic heterocycles. The lowest BCUT2D eigenvalue weighted by Gasteiger charge is -2.36. The predicted molar refractivity (Wildman–Crippen MR) is 92.1 cm³/mol. The number of nitrogens with zero attached hydrogens (tertiary/aromatic N) is 4. The largest absolute Gasteiger partial charge is 0.387 e. The number of aliphatic hydroxyl groups is 1. The average molecular weight is 353 g/mol. The quantitative estimate of drug-likeness (QED) is 0.728. The van der Waals surface area contributed by atoms with Crippen LogP contribution in [0.2, 0.25) is 0 Å². The van der Waals surface area contributed by atoms with Crippen molar-refractivity contribution in [1.82, 2.24) is 25.5 Å². The first-order valence-corrected chi connectivity index (χ1v) is 8.53. The van der Waals surface area contributed by atoms with Gasteiger partial charge in [0.25, 0.3) is 5.91 Å². The van der Waals surface area contributed by atoms with E-state index >= 15 is 0 Å². The second-order valence-corrected chi connectivity index (χ2v) is 6.52. The summed E-state index contributed by atoms with van der Waals surface area (Å²) in [5, 5.41) is 24.4. The molecule has 0 bridgehead atoms. The maximum Gasteiger partial charge on any atom is 0.273 e. The van der Waals surface area contributed by atoms with Crippen molar-refractivity contribution in [3.05, 3.63) is 54.0 Å². The summed E-state index contributed by atoms with van der Waals surface area (Å²) in [7, 11) is 0. The van der Waals surface area contributed by atoms with Crippen molar-refractivity contribution in [2.75, 3.05) is 0 Å². The van der Waals surface area contributed by atoms with Crippen molar-refractivity contribution in [2.45, 2.75) is 38.0 Å². The highest BCUT2D eigenvalue weighted by atomic mass is 16.5. The van der Waals surface area contributed by atoms with Crippen LogP contribution in [0.4, 0.5) is 0 Å². The van der Waals surface area contributed by atoms with Gasteiger partial charge < -0.3 is 14.9 Å². The molecule has 1 aliphatic carbocycles. The lowest BCUT2D eigenvalue weighted by Crippen LogP contribution is -2.45. The van der Waals surface area contributed by atoms with Gasteiger partial charge in [-0.05, 0) is 19.8 Å². The molecule has 0 unspecified atom stereocenters. The molecule has 1 saturated carbocycles. The summed E-state index contributed by atoms with van der Waals surface area (Å²) in [6.45, 7) is 1.68. The summed E-state index contributed by atoms with van der Waals surface area (Å²) >= 11 is 0. The zero-order chi connectivity index (χ0) is 18.1. The molecular formula is C18H19N5O3. The van der Waals surface area contributed by atoms with Crippen LogP contribution >= 0.6 is 0 Å². The van der Waals surface area contributed by atoms with Gasteiger partial charge in [0.05, 0.1) is 24.0 Å². The Bertz CT molecular complexity index is 896. The molecule has 1 amide bonds. The first kappa shape index (κ1) is 16.5. The molecule has 3 aromatic rings. The highest BCUT2D eigenvalue weighted by Gasteiger charge is 2.34. The van der Waals surface area contributed by atoms with E-state index < -0.39 is 6.10 Å². The minimum absolute atomic E-state index is 0.0374. The summed E-state index contributed by atoms with van der Waals surface area (Å²) in [5.74, 6) is 0.306. The van der Waals surface area contributed by atoms with E-state index in [-0.39, 0.29) is 23.7 Å². The van der Waals surface area contributed by atoms with Crippen LogP contribution in [-0.4, -0.2) is 37.2 Å². The molecule has 0 aliphatic heterocycles. The van der Waals surface area contributed by atoms with Gasteiger partial charge in [-0.15, -0.1) is 5.10 Å². The van der Waals surface area contributed by atoms with Gasteiger partial charge in [-0.2, -0.15) is 0 Å². The van der Waals surface area contributed by atoms with E-state index in [0.29, 0.717) is 11.5 Å². The number of hydrogen-bond acceptors (Lipinski definition) is 6. The number of carbonyl (C=O) groups excluding carboxylic acids is 1. The highest BCUT2D eigenvalue weighted by molar-refractivity contribution is 5.93. The Morgan fingerprint density at radius 3 is 2.85 bits per heavy atom. The number of benzene rings is 1. The lowest BCUT2D eigenvalue weighted by atomic mass is 9.86. The molecule has 0 saturated heterocycles. The fraction of sp³-hybridized carbons (Fsp3) is 0.333. The molecule has 4 rings (SSSR count). The molecule has 8 heteroatoms. The van der Waals surface area contributed by atoms with Crippen LogP contribution in [0.15, 0.2) is 47.1 Å². The summed E-state index contributed by atoms with van der Waals surface area (Å²) in [4.78, 5) is 12.4. The molecule has 134 valence electrons. The van der Waals surface area contributed by atoms with Crippen molar-refractivity contribution in [1.29, 1.82) is 0 Å². The zero-order valence-corrected chi connectivity index (χ0v) is 14.2. The van der Waals surface area contributed by atoms with Crippen molar-refractivity contribution in [2.24, 2.45) is 0 Å². The molecule has 1 aliphatic rings. The number of amides is 1. The Kier molecular flexibility index (Phi) is 4.26. The average Bonchev–Trinajstić information content (AvgIpc) is 3.27. The van der Waals surface area contributed by atoms with Gasteiger partial charge in [0.2, 0.25) is 0 Å². The third-order valence-electron chi connectivity index (χ3n) is 4.63. The van der Waals surface area contributed by atoms with E-state index in [1.165, 1.54) is 0 Å². The summed E-state index contributed by atoms with van der Waals surface area (Å²) in [6.07, 6.45) is 2.42. The van der Waals surface area contributed by atoms with E-state index in [2.05, 4.69) is 20.8 Å². The minimum Gasteiger partial charge on any atom is -0.387 e. The minimum atomic E-state index is -0.620. The molecule has 0 spiro atoms. The molecule has 1 atom stereocenters. The fourth-order valence-corrected chi connectivity index (χ4v) is 3.12. The van der Waals surface area contributed by atoms with Gasteiger partial charge in [0, 0.05) is 17.7 Å². The Morgan fingerprint density at radius 1 is 1.35 bits per heavy atom. The maximum absolute atomic E-state index is 12.4. The van der Waals surface area contributed by atoms with E-state index in [4.69, 9.17) is 4.52 Å². The normalized spacial score (nSPS) is 20.4.